The van der Waals surface area contributed by atoms with Crippen LogP contribution in [0.5, 0.6) is 0 Å². The van der Waals surface area contributed by atoms with Crippen molar-refractivity contribution >= 4 is 5.78 Å². The summed E-state index contributed by atoms with van der Waals surface area (Å²) < 4.78 is 12.0. The van der Waals surface area contributed by atoms with Gasteiger partial charge in [-0.25, -0.2) is 0 Å². The van der Waals surface area contributed by atoms with Crippen LogP contribution in [0.15, 0.2) is 36.0 Å². The molecule has 0 radical (unpaired) electrons. The van der Waals surface area contributed by atoms with Gasteiger partial charge in [0.15, 0.2) is 12.1 Å². The van der Waals surface area contributed by atoms with Gasteiger partial charge in [-0.2, -0.15) is 0 Å². The molecule has 200 valence electrons. The summed E-state index contributed by atoms with van der Waals surface area (Å²) in [6, 6.07) is 0. The van der Waals surface area contributed by atoms with Gasteiger partial charge in [0.05, 0.1) is 12.2 Å². The van der Waals surface area contributed by atoms with Crippen molar-refractivity contribution in [1.82, 2.24) is 0 Å². The molecule has 0 amide bonds. The number of ketones is 1. The minimum atomic E-state index is -0.691. The lowest BCUT2D eigenvalue weighted by molar-refractivity contribution is -0.173. The second-order valence-electron chi connectivity index (χ2n) is 13.8. The predicted molar refractivity (Wildman–Crippen MR) is 140 cm³/mol. The van der Waals surface area contributed by atoms with E-state index < -0.39 is 17.6 Å². The van der Waals surface area contributed by atoms with E-state index in [-0.39, 0.29) is 52.2 Å². The maximum atomic E-state index is 12.8. The smallest absolute Gasteiger partial charge is 0.161 e. The monoisotopic (exact) mass is 498 g/mol. The normalized spacial score (nSPS) is 50.2. The fraction of sp³-hybridized carbons (Fsp3) is 0.774. The molecule has 1 heterocycles. The van der Waals surface area contributed by atoms with Crippen LogP contribution in [-0.2, 0) is 14.3 Å². The highest BCUT2D eigenvalue weighted by Gasteiger charge is 2.68. The zero-order valence-electron chi connectivity index (χ0n) is 23.2. The molecule has 0 aromatic rings. The van der Waals surface area contributed by atoms with Crippen molar-refractivity contribution in [3.63, 3.8) is 0 Å². The minimum absolute atomic E-state index is 0.0625. The van der Waals surface area contributed by atoms with Crippen LogP contribution in [-0.4, -0.2) is 47.7 Å². The van der Waals surface area contributed by atoms with Crippen LogP contribution in [0.1, 0.15) is 73.6 Å². The first-order valence-electron chi connectivity index (χ1n) is 13.9. The third kappa shape index (κ3) is 3.31. The Labute approximate surface area is 217 Å². The Morgan fingerprint density at radius 1 is 1.19 bits per heavy atom. The first kappa shape index (κ1) is 26.3. The van der Waals surface area contributed by atoms with E-state index in [2.05, 4.69) is 53.3 Å². The van der Waals surface area contributed by atoms with Gasteiger partial charge in [-0.05, 0) is 79.3 Å². The number of hydrogen-bond acceptors (Lipinski definition) is 5. The average Bonchev–Trinajstić information content (AvgIpc) is 3.39. The van der Waals surface area contributed by atoms with E-state index in [9.17, 15) is 15.0 Å². The summed E-state index contributed by atoms with van der Waals surface area (Å²) in [5.74, 6) is 1.08. The molecule has 2 saturated carbocycles. The number of ether oxygens (including phenoxy) is 2. The Bertz CT molecular complexity index is 1010. The molecule has 5 nitrogen and oxygen atoms in total. The Morgan fingerprint density at radius 2 is 1.89 bits per heavy atom. The predicted octanol–water partition coefficient (Wildman–Crippen LogP) is 5.22. The molecule has 11 unspecified atom stereocenters. The number of rotatable bonds is 4. The second kappa shape index (κ2) is 8.36. The van der Waals surface area contributed by atoms with Crippen molar-refractivity contribution in [2.45, 2.75) is 98.2 Å². The highest BCUT2D eigenvalue weighted by atomic mass is 16.7. The fourth-order valence-corrected chi connectivity index (χ4v) is 9.77. The summed E-state index contributed by atoms with van der Waals surface area (Å²) in [7, 11) is 1.70. The van der Waals surface area contributed by atoms with Crippen molar-refractivity contribution in [3.05, 3.63) is 36.0 Å². The summed E-state index contributed by atoms with van der Waals surface area (Å²) in [4.78, 5) is 12.8. The molecule has 1 saturated heterocycles. The molecule has 36 heavy (non-hydrogen) atoms. The zero-order valence-corrected chi connectivity index (χ0v) is 23.2. The minimum Gasteiger partial charge on any atom is -0.392 e. The van der Waals surface area contributed by atoms with Crippen molar-refractivity contribution in [2.24, 2.45) is 45.3 Å². The Kier molecular flexibility index (Phi) is 6.12. The lowest BCUT2D eigenvalue weighted by Gasteiger charge is -2.66. The van der Waals surface area contributed by atoms with E-state index in [0.29, 0.717) is 12.3 Å². The molecule has 0 spiro atoms. The van der Waals surface area contributed by atoms with Crippen molar-refractivity contribution in [2.75, 3.05) is 7.11 Å². The SMILES string of the molecule is C=C(C)C(O)C1CC(C2CC=C3C2(C)CCC2C4(C)C=CC(=O)C(C)(C)C4CC(O)C32C)C(OC)O1. The molecule has 0 aromatic carbocycles. The molecule has 1 aliphatic heterocycles. The van der Waals surface area contributed by atoms with Crippen LogP contribution in [0.4, 0.5) is 0 Å². The van der Waals surface area contributed by atoms with Gasteiger partial charge in [0.2, 0.25) is 0 Å². The lowest BCUT2D eigenvalue weighted by atomic mass is 9.38. The topological polar surface area (TPSA) is 76.0 Å². The number of methoxy groups -OCH3 is 1. The molecule has 0 aromatic heterocycles. The average molecular weight is 499 g/mol. The molecule has 5 heteroatoms. The number of aliphatic hydroxyl groups excluding tert-OH is 2. The van der Waals surface area contributed by atoms with Crippen LogP contribution in [0.25, 0.3) is 0 Å². The third-order valence-corrected chi connectivity index (χ3v) is 11.8. The molecule has 2 N–H and O–H groups in total. The summed E-state index contributed by atoms with van der Waals surface area (Å²) in [5.41, 5.74) is 1.11. The molecule has 3 fully saturated rings. The molecule has 11 atom stereocenters. The second-order valence-corrected chi connectivity index (χ2v) is 13.8. The number of fused-ring (bicyclic) bond motifs is 5. The Hall–Kier alpha value is -1.27. The van der Waals surface area contributed by atoms with Gasteiger partial charge in [0, 0.05) is 23.9 Å². The maximum Gasteiger partial charge on any atom is 0.161 e. The standard InChI is InChI=1S/C31H46O5/c1-17(2)26(34)20-15-18(27(35-8)36-20)19-9-10-21-29(19,5)13-11-22-30(6)14-12-24(32)28(3,4)23(30)16-25(33)31(21,22)7/h10,12,14,18-20,22-23,25-27,33-34H,1,9,11,13,15-16H2,2-8H3. The van der Waals surface area contributed by atoms with Crippen LogP contribution in [0.2, 0.25) is 0 Å². The van der Waals surface area contributed by atoms with E-state index in [1.54, 1.807) is 7.11 Å². The number of carbonyl (C=O) groups excluding carboxylic acids is 1. The van der Waals surface area contributed by atoms with Gasteiger partial charge in [-0.1, -0.05) is 58.9 Å². The van der Waals surface area contributed by atoms with E-state index >= 15 is 0 Å². The van der Waals surface area contributed by atoms with Crippen molar-refractivity contribution < 1.29 is 24.5 Å². The summed E-state index contributed by atoms with van der Waals surface area (Å²) in [6.07, 6.45) is 8.98. The fourth-order valence-electron chi connectivity index (χ4n) is 9.77. The number of hydrogen-bond donors (Lipinski definition) is 2. The lowest BCUT2D eigenvalue weighted by Crippen LogP contribution is -2.63. The Morgan fingerprint density at radius 3 is 2.53 bits per heavy atom. The van der Waals surface area contributed by atoms with Gasteiger partial charge < -0.3 is 19.7 Å². The highest BCUT2D eigenvalue weighted by molar-refractivity contribution is 5.95. The van der Waals surface area contributed by atoms with E-state index in [0.717, 1.165) is 31.3 Å². The van der Waals surface area contributed by atoms with E-state index in [4.69, 9.17) is 9.47 Å². The molecule has 5 rings (SSSR count). The summed E-state index contributed by atoms with van der Waals surface area (Å²) >= 11 is 0. The summed E-state index contributed by atoms with van der Waals surface area (Å²) in [6.45, 7) is 16.9. The number of aliphatic hydroxyl groups is 2. The third-order valence-electron chi connectivity index (χ3n) is 11.8. The molecular weight excluding hydrogens is 452 g/mol. The zero-order chi connectivity index (χ0) is 26.4. The first-order valence-corrected chi connectivity index (χ1v) is 13.9. The quantitative estimate of drug-likeness (QED) is 0.520. The van der Waals surface area contributed by atoms with Gasteiger partial charge in [-0.3, -0.25) is 4.79 Å². The van der Waals surface area contributed by atoms with Gasteiger partial charge in [0.25, 0.3) is 0 Å². The maximum absolute atomic E-state index is 12.8. The van der Waals surface area contributed by atoms with Gasteiger partial charge in [0.1, 0.15) is 6.10 Å². The van der Waals surface area contributed by atoms with Crippen molar-refractivity contribution in [1.29, 1.82) is 0 Å². The van der Waals surface area contributed by atoms with Crippen molar-refractivity contribution in [3.8, 4) is 0 Å². The van der Waals surface area contributed by atoms with Crippen LogP contribution >= 0.6 is 0 Å². The van der Waals surface area contributed by atoms with Crippen LogP contribution < -0.4 is 0 Å². The number of allylic oxidation sites excluding steroid dienone is 3. The molecule has 0 bridgehead atoms. The molecular formula is C31H46O5. The summed E-state index contributed by atoms with van der Waals surface area (Å²) in [5, 5.41) is 22.5. The largest absolute Gasteiger partial charge is 0.392 e. The van der Waals surface area contributed by atoms with E-state index in [1.165, 1.54) is 5.57 Å². The first-order chi connectivity index (χ1) is 16.7. The van der Waals surface area contributed by atoms with Gasteiger partial charge >= 0.3 is 0 Å². The molecule has 5 aliphatic rings. The van der Waals surface area contributed by atoms with Crippen LogP contribution in [0.3, 0.4) is 0 Å². The highest BCUT2D eigenvalue weighted by Crippen LogP contribution is 2.72. The van der Waals surface area contributed by atoms with Gasteiger partial charge in [-0.15, -0.1) is 0 Å². The molecule has 4 aliphatic carbocycles. The van der Waals surface area contributed by atoms with Crippen LogP contribution in [0, 0.1) is 45.3 Å². The van der Waals surface area contributed by atoms with E-state index in [1.807, 2.05) is 13.0 Å². The number of carbonyl (C=O) groups is 1. The Balaban J connectivity index is 1.48.